The summed E-state index contributed by atoms with van der Waals surface area (Å²) in [6.45, 7) is 6.87. The van der Waals surface area contributed by atoms with Gasteiger partial charge < -0.3 is 20.3 Å². The summed E-state index contributed by atoms with van der Waals surface area (Å²) < 4.78 is 18.4. The highest BCUT2D eigenvalue weighted by molar-refractivity contribution is 14.0. The van der Waals surface area contributed by atoms with Crippen LogP contribution >= 0.6 is 24.0 Å². The number of benzene rings is 1. The first-order chi connectivity index (χ1) is 11.2. The van der Waals surface area contributed by atoms with Gasteiger partial charge in [-0.15, -0.1) is 24.0 Å². The van der Waals surface area contributed by atoms with Crippen molar-refractivity contribution in [2.75, 3.05) is 27.2 Å². The van der Waals surface area contributed by atoms with Gasteiger partial charge in [0.1, 0.15) is 11.4 Å². The summed E-state index contributed by atoms with van der Waals surface area (Å²) in [5.74, 6) is 0.399. The van der Waals surface area contributed by atoms with E-state index in [1.807, 2.05) is 38.8 Å². The molecule has 0 bridgehead atoms. The second-order valence-corrected chi connectivity index (χ2v) is 6.39. The molecular formula is C17H28FIN4O2. The number of amides is 1. The van der Waals surface area contributed by atoms with Gasteiger partial charge in [-0.3, -0.25) is 4.99 Å². The van der Waals surface area contributed by atoms with Crippen molar-refractivity contribution in [2.45, 2.75) is 32.9 Å². The van der Waals surface area contributed by atoms with Crippen LogP contribution in [0.3, 0.4) is 0 Å². The zero-order valence-electron chi connectivity index (χ0n) is 15.4. The van der Waals surface area contributed by atoms with E-state index < -0.39 is 11.7 Å². The molecule has 142 valence electrons. The van der Waals surface area contributed by atoms with E-state index in [1.165, 1.54) is 12.1 Å². The minimum Gasteiger partial charge on any atom is -0.444 e. The Morgan fingerprint density at radius 1 is 1.28 bits per heavy atom. The Labute approximate surface area is 166 Å². The number of carbonyl (C=O) groups excluding carboxylic acids is 1. The molecule has 1 amide bonds. The topological polar surface area (TPSA) is 66.0 Å². The van der Waals surface area contributed by atoms with Crippen molar-refractivity contribution in [2.24, 2.45) is 4.99 Å². The highest BCUT2D eigenvalue weighted by atomic mass is 127. The number of nitrogens with one attached hydrogen (secondary N) is 2. The number of hydrogen-bond acceptors (Lipinski definition) is 3. The Morgan fingerprint density at radius 2 is 1.92 bits per heavy atom. The van der Waals surface area contributed by atoms with E-state index in [9.17, 15) is 9.18 Å². The Balaban J connectivity index is 0.00000576. The molecule has 1 rings (SSSR count). The molecule has 0 saturated carbocycles. The fraction of sp³-hybridized carbons (Fsp3) is 0.529. The number of halogens is 2. The number of alkyl carbamates (subject to hydrolysis) is 1. The van der Waals surface area contributed by atoms with E-state index in [2.05, 4.69) is 15.6 Å². The van der Waals surface area contributed by atoms with Gasteiger partial charge in [0.15, 0.2) is 5.96 Å². The van der Waals surface area contributed by atoms with Crippen LogP contribution in [0.1, 0.15) is 26.3 Å². The Hall–Kier alpha value is -1.58. The lowest BCUT2D eigenvalue weighted by Gasteiger charge is -2.23. The lowest BCUT2D eigenvalue weighted by Crippen LogP contribution is -2.43. The van der Waals surface area contributed by atoms with Crippen LogP contribution in [-0.4, -0.2) is 49.7 Å². The highest BCUT2D eigenvalue weighted by Crippen LogP contribution is 2.07. The van der Waals surface area contributed by atoms with E-state index in [4.69, 9.17) is 4.74 Å². The SMILES string of the molecule is CN=C(NCCNC(=O)OC(C)(C)C)N(C)Cc1cccc(F)c1.I. The summed E-state index contributed by atoms with van der Waals surface area (Å²) in [5.41, 5.74) is 0.339. The van der Waals surface area contributed by atoms with Crippen molar-refractivity contribution in [1.82, 2.24) is 15.5 Å². The van der Waals surface area contributed by atoms with Crippen LogP contribution in [0, 0.1) is 5.82 Å². The molecule has 0 radical (unpaired) electrons. The van der Waals surface area contributed by atoms with Crippen molar-refractivity contribution in [3.05, 3.63) is 35.6 Å². The molecule has 0 aliphatic rings. The molecule has 1 aromatic carbocycles. The fourth-order valence-corrected chi connectivity index (χ4v) is 2.02. The van der Waals surface area contributed by atoms with Crippen molar-refractivity contribution < 1.29 is 13.9 Å². The molecule has 0 aliphatic carbocycles. The molecule has 0 unspecified atom stereocenters. The molecule has 0 heterocycles. The first-order valence-corrected chi connectivity index (χ1v) is 7.84. The van der Waals surface area contributed by atoms with Gasteiger partial charge >= 0.3 is 6.09 Å². The molecule has 0 atom stereocenters. The van der Waals surface area contributed by atoms with Gasteiger partial charge in [0, 0.05) is 33.7 Å². The minimum atomic E-state index is -0.515. The third-order valence-corrected chi connectivity index (χ3v) is 2.96. The number of ether oxygens (including phenoxy) is 1. The monoisotopic (exact) mass is 466 g/mol. The number of rotatable bonds is 5. The summed E-state index contributed by atoms with van der Waals surface area (Å²) in [5, 5.41) is 5.80. The zero-order chi connectivity index (χ0) is 18.2. The molecule has 0 fully saturated rings. The van der Waals surface area contributed by atoms with Crippen LogP contribution in [0.5, 0.6) is 0 Å². The van der Waals surface area contributed by atoms with Crippen LogP contribution in [0.25, 0.3) is 0 Å². The third-order valence-electron chi connectivity index (χ3n) is 2.96. The average Bonchev–Trinajstić information content (AvgIpc) is 2.45. The molecule has 0 saturated heterocycles. The Kier molecular flexibility index (Phi) is 10.4. The minimum absolute atomic E-state index is 0. The maximum Gasteiger partial charge on any atom is 0.407 e. The number of nitrogens with zero attached hydrogens (tertiary/aromatic N) is 2. The number of guanidine groups is 1. The second kappa shape index (κ2) is 11.1. The number of carbonyl (C=O) groups is 1. The van der Waals surface area contributed by atoms with Gasteiger partial charge in [-0.05, 0) is 38.5 Å². The van der Waals surface area contributed by atoms with E-state index in [0.29, 0.717) is 25.6 Å². The summed E-state index contributed by atoms with van der Waals surface area (Å²) in [6.07, 6.45) is -0.451. The van der Waals surface area contributed by atoms with Crippen molar-refractivity contribution >= 4 is 36.0 Å². The molecule has 2 N–H and O–H groups in total. The number of hydrogen-bond donors (Lipinski definition) is 2. The van der Waals surface area contributed by atoms with Gasteiger partial charge in [0.05, 0.1) is 0 Å². The van der Waals surface area contributed by atoms with E-state index in [-0.39, 0.29) is 29.8 Å². The van der Waals surface area contributed by atoms with Crippen LogP contribution in [0.4, 0.5) is 9.18 Å². The van der Waals surface area contributed by atoms with E-state index in [1.54, 1.807) is 13.1 Å². The second-order valence-electron chi connectivity index (χ2n) is 6.39. The molecular weight excluding hydrogens is 438 g/mol. The van der Waals surface area contributed by atoms with Gasteiger partial charge in [-0.1, -0.05) is 12.1 Å². The Morgan fingerprint density at radius 3 is 2.48 bits per heavy atom. The standard InChI is InChI=1S/C17H27FN4O2.HI/c1-17(2,3)24-16(23)21-10-9-20-15(19-4)22(5)12-13-7-6-8-14(18)11-13;/h6-8,11H,9-10,12H2,1-5H3,(H,19,20)(H,21,23);1H. The maximum atomic E-state index is 13.2. The van der Waals surface area contributed by atoms with Crippen LogP contribution in [0.15, 0.2) is 29.3 Å². The van der Waals surface area contributed by atoms with Gasteiger partial charge in [-0.25, -0.2) is 9.18 Å². The predicted octanol–water partition coefficient (Wildman–Crippen LogP) is 2.98. The maximum absolute atomic E-state index is 13.2. The molecule has 8 heteroatoms. The van der Waals surface area contributed by atoms with Crippen LogP contribution in [-0.2, 0) is 11.3 Å². The first kappa shape index (κ1) is 23.4. The van der Waals surface area contributed by atoms with Crippen LogP contribution in [0.2, 0.25) is 0 Å². The largest absolute Gasteiger partial charge is 0.444 e. The van der Waals surface area contributed by atoms with Crippen molar-refractivity contribution in [3.63, 3.8) is 0 Å². The fourth-order valence-electron chi connectivity index (χ4n) is 2.02. The van der Waals surface area contributed by atoms with Gasteiger partial charge in [0.2, 0.25) is 0 Å². The lowest BCUT2D eigenvalue weighted by molar-refractivity contribution is 0.0529. The summed E-state index contributed by atoms with van der Waals surface area (Å²) in [6, 6.07) is 6.45. The zero-order valence-corrected chi connectivity index (χ0v) is 17.8. The first-order valence-electron chi connectivity index (χ1n) is 7.84. The van der Waals surface area contributed by atoms with Crippen molar-refractivity contribution in [1.29, 1.82) is 0 Å². The summed E-state index contributed by atoms with van der Waals surface area (Å²) in [4.78, 5) is 17.6. The molecule has 0 aliphatic heterocycles. The molecule has 0 spiro atoms. The number of aliphatic imine (C=N–C) groups is 1. The molecule has 0 aromatic heterocycles. The summed E-state index contributed by atoms with van der Waals surface area (Å²) in [7, 11) is 3.53. The Bertz CT molecular complexity index is 576. The summed E-state index contributed by atoms with van der Waals surface area (Å²) >= 11 is 0. The van der Waals surface area contributed by atoms with E-state index in [0.717, 1.165) is 5.56 Å². The van der Waals surface area contributed by atoms with Gasteiger partial charge in [0.25, 0.3) is 0 Å². The van der Waals surface area contributed by atoms with Gasteiger partial charge in [-0.2, -0.15) is 0 Å². The van der Waals surface area contributed by atoms with Crippen molar-refractivity contribution in [3.8, 4) is 0 Å². The van der Waals surface area contributed by atoms with Crippen LogP contribution < -0.4 is 10.6 Å². The predicted molar refractivity (Wildman–Crippen MR) is 109 cm³/mol. The highest BCUT2D eigenvalue weighted by Gasteiger charge is 2.15. The average molecular weight is 466 g/mol. The molecule has 1 aromatic rings. The third kappa shape index (κ3) is 10.1. The quantitative estimate of drug-likeness (QED) is 0.303. The molecule has 25 heavy (non-hydrogen) atoms. The molecule has 6 nitrogen and oxygen atoms in total. The van der Waals surface area contributed by atoms with E-state index >= 15 is 0 Å². The lowest BCUT2D eigenvalue weighted by atomic mass is 10.2. The normalized spacial score (nSPS) is 11.4. The smallest absolute Gasteiger partial charge is 0.407 e.